The number of rotatable bonds is 9. The van der Waals surface area contributed by atoms with E-state index in [4.69, 9.17) is 14.2 Å². The van der Waals surface area contributed by atoms with Crippen LogP contribution in [-0.4, -0.2) is 55.8 Å². The molecule has 2 aromatic rings. The van der Waals surface area contributed by atoms with E-state index in [-0.39, 0.29) is 12.5 Å². The number of carbonyl (C=O) groups is 1. The first-order valence-electron chi connectivity index (χ1n) is 9.83. The van der Waals surface area contributed by atoms with Crippen LogP contribution in [0.4, 0.5) is 5.82 Å². The highest BCUT2D eigenvalue weighted by Crippen LogP contribution is 2.27. The predicted octanol–water partition coefficient (Wildman–Crippen LogP) is 2.28. The van der Waals surface area contributed by atoms with Crippen LogP contribution in [0.15, 0.2) is 24.3 Å². The van der Waals surface area contributed by atoms with Crippen LogP contribution >= 0.6 is 0 Å². The van der Waals surface area contributed by atoms with Crippen molar-refractivity contribution in [3.63, 3.8) is 0 Å². The molecule has 8 nitrogen and oxygen atoms in total. The Labute approximate surface area is 171 Å². The van der Waals surface area contributed by atoms with Crippen LogP contribution in [0.1, 0.15) is 24.2 Å². The van der Waals surface area contributed by atoms with Gasteiger partial charge in [-0.2, -0.15) is 4.98 Å². The third-order valence-electron chi connectivity index (χ3n) is 4.58. The zero-order chi connectivity index (χ0) is 20.6. The molecule has 0 radical (unpaired) electrons. The fourth-order valence-corrected chi connectivity index (χ4v) is 3.14. The number of nitrogens with zero attached hydrogens (tertiary/aromatic N) is 3. The van der Waals surface area contributed by atoms with Gasteiger partial charge in [0.15, 0.2) is 18.1 Å². The van der Waals surface area contributed by atoms with Crippen LogP contribution in [0.2, 0.25) is 0 Å². The summed E-state index contributed by atoms with van der Waals surface area (Å²) in [4.78, 5) is 23.0. The standard InChI is InChI=1S/C21H28N4O4/c1-15-6-7-17(18(12-15)27-3)29-14-20(26)22-8-11-28-21-13-19(23-16(2)24-21)25-9-4-5-10-25/h6-7,12-13H,4-5,8-11,14H2,1-3H3,(H,22,26). The number of hydrogen-bond acceptors (Lipinski definition) is 7. The second kappa shape index (κ2) is 9.95. The van der Waals surface area contributed by atoms with Gasteiger partial charge in [-0.15, -0.1) is 0 Å². The first kappa shape index (κ1) is 20.7. The van der Waals surface area contributed by atoms with Crippen molar-refractivity contribution in [1.82, 2.24) is 15.3 Å². The highest BCUT2D eigenvalue weighted by molar-refractivity contribution is 5.77. The summed E-state index contributed by atoms with van der Waals surface area (Å²) in [6, 6.07) is 7.41. The number of aryl methyl sites for hydroxylation is 2. The number of amides is 1. The van der Waals surface area contributed by atoms with Gasteiger partial charge < -0.3 is 24.4 Å². The number of anilines is 1. The summed E-state index contributed by atoms with van der Waals surface area (Å²) in [5.41, 5.74) is 1.06. The van der Waals surface area contributed by atoms with E-state index >= 15 is 0 Å². The highest BCUT2D eigenvalue weighted by atomic mass is 16.5. The molecule has 1 aromatic carbocycles. The summed E-state index contributed by atoms with van der Waals surface area (Å²) in [7, 11) is 1.57. The maximum atomic E-state index is 12.0. The number of nitrogens with one attached hydrogen (secondary N) is 1. The molecular formula is C21H28N4O4. The molecule has 1 saturated heterocycles. The van der Waals surface area contributed by atoms with Gasteiger partial charge >= 0.3 is 0 Å². The topological polar surface area (TPSA) is 85.8 Å². The first-order valence-corrected chi connectivity index (χ1v) is 9.83. The molecule has 0 saturated carbocycles. The molecule has 1 amide bonds. The van der Waals surface area contributed by atoms with Crippen molar-refractivity contribution < 1.29 is 19.0 Å². The molecule has 2 heterocycles. The Morgan fingerprint density at radius 3 is 2.66 bits per heavy atom. The zero-order valence-corrected chi connectivity index (χ0v) is 17.2. The van der Waals surface area contributed by atoms with Gasteiger partial charge in [0, 0.05) is 19.2 Å². The van der Waals surface area contributed by atoms with Crippen LogP contribution in [0.3, 0.4) is 0 Å². The minimum absolute atomic E-state index is 0.0921. The number of methoxy groups -OCH3 is 1. The Morgan fingerprint density at radius 1 is 1.10 bits per heavy atom. The molecule has 29 heavy (non-hydrogen) atoms. The molecule has 0 bridgehead atoms. The lowest BCUT2D eigenvalue weighted by molar-refractivity contribution is -0.123. The van der Waals surface area contributed by atoms with Gasteiger partial charge in [-0.25, -0.2) is 4.98 Å². The van der Waals surface area contributed by atoms with Crippen LogP contribution < -0.4 is 24.4 Å². The van der Waals surface area contributed by atoms with Crippen molar-refractivity contribution in [2.24, 2.45) is 0 Å². The monoisotopic (exact) mass is 400 g/mol. The summed E-state index contributed by atoms with van der Waals surface area (Å²) in [5, 5.41) is 2.77. The Morgan fingerprint density at radius 2 is 1.90 bits per heavy atom. The Hall–Kier alpha value is -3.03. The third-order valence-corrected chi connectivity index (χ3v) is 4.58. The second-order valence-electron chi connectivity index (χ2n) is 6.95. The third kappa shape index (κ3) is 5.97. The first-order chi connectivity index (χ1) is 14.0. The smallest absolute Gasteiger partial charge is 0.258 e. The summed E-state index contributed by atoms with van der Waals surface area (Å²) < 4.78 is 16.5. The number of carbonyl (C=O) groups excluding carboxylic acids is 1. The van der Waals surface area contributed by atoms with Crippen LogP contribution in [0.25, 0.3) is 0 Å². The van der Waals surface area contributed by atoms with Crippen molar-refractivity contribution in [2.45, 2.75) is 26.7 Å². The Kier molecular flexibility index (Phi) is 7.10. The summed E-state index contributed by atoms with van der Waals surface area (Å²) >= 11 is 0. The summed E-state index contributed by atoms with van der Waals surface area (Å²) in [6.45, 7) is 6.42. The predicted molar refractivity (Wildman–Crippen MR) is 110 cm³/mol. The number of hydrogen-bond donors (Lipinski definition) is 1. The van der Waals surface area contributed by atoms with Crippen molar-refractivity contribution in [2.75, 3.05) is 44.9 Å². The van der Waals surface area contributed by atoms with Crippen LogP contribution in [-0.2, 0) is 4.79 Å². The van der Waals surface area contributed by atoms with Gasteiger partial charge in [0.05, 0.1) is 13.7 Å². The second-order valence-corrected chi connectivity index (χ2v) is 6.95. The number of aromatic nitrogens is 2. The van der Waals surface area contributed by atoms with E-state index in [0.29, 0.717) is 36.4 Å². The van der Waals surface area contributed by atoms with Crippen molar-refractivity contribution in [3.8, 4) is 17.4 Å². The van der Waals surface area contributed by atoms with Gasteiger partial charge in [-0.1, -0.05) is 6.07 Å². The molecule has 3 rings (SSSR count). The van der Waals surface area contributed by atoms with Crippen LogP contribution in [0.5, 0.6) is 17.4 Å². The minimum Gasteiger partial charge on any atom is -0.493 e. The lowest BCUT2D eigenvalue weighted by Crippen LogP contribution is -2.32. The van der Waals surface area contributed by atoms with Gasteiger partial charge in [-0.05, 0) is 44.4 Å². The molecule has 8 heteroatoms. The summed E-state index contributed by atoms with van der Waals surface area (Å²) in [5.74, 6) is 3.01. The van der Waals surface area contributed by atoms with Gasteiger partial charge in [-0.3, -0.25) is 4.79 Å². The molecular weight excluding hydrogens is 372 g/mol. The molecule has 1 N–H and O–H groups in total. The molecule has 156 valence electrons. The molecule has 1 aromatic heterocycles. The summed E-state index contributed by atoms with van der Waals surface area (Å²) in [6.07, 6.45) is 2.36. The normalized spacial score (nSPS) is 13.3. The fourth-order valence-electron chi connectivity index (χ4n) is 3.14. The largest absolute Gasteiger partial charge is 0.493 e. The number of ether oxygens (including phenoxy) is 3. The van der Waals surface area contributed by atoms with Gasteiger partial charge in [0.2, 0.25) is 5.88 Å². The fraction of sp³-hybridized carbons (Fsp3) is 0.476. The average molecular weight is 400 g/mol. The van der Waals surface area contributed by atoms with E-state index in [9.17, 15) is 4.79 Å². The lowest BCUT2D eigenvalue weighted by atomic mass is 10.2. The zero-order valence-electron chi connectivity index (χ0n) is 17.2. The molecule has 1 fully saturated rings. The maximum Gasteiger partial charge on any atom is 0.258 e. The average Bonchev–Trinajstić information content (AvgIpc) is 3.25. The van der Waals surface area contributed by atoms with E-state index in [1.165, 1.54) is 12.8 Å². The van der Waals surface area contributed by atoms with E-state index < -0.39 is 0 Å². The Balaban J connectivity index is 1.42. The van der Waals surface area contributed by atoms with Crippen LogP contribution in [0, 0.1) is 13.8 Å². The highest BCUT2D eigenvalue weighted by Gasteiger charge is 2.15. The molecule has 0 spiro atoms. The number of benzene rings is 1. The SMILES string of the molecule is COc1cc(C)ccc1OCC(=O)NCCOc1cc(N2CCCC2)nc(C)n1. The van der Waals surface area contributed by atoms with Crippen molar-refractivity contribution in [1.29, 1.82) is 0 Å². The molecule has 0 atom stereocenters. The van der Waals surface area contributed by atoms with Crippen molar-refractivity contribution >= 4 is 11.7 Å². The van der Waals surface area contributed by atoms with Gasteiger partial charge in [0.1, 0.15) is 18.2 Å². The lowest BCUT2D eigenvalue weighted by Gasteiger charge is -2.17. The molecule has 0 unspecified atom stereocenters. The minimum atomic E-state index is -0.229. The maximum absolute atomic E-state index is 12.0. The molecule has 1 aliphatic rings. The van der Waals surface area contributed by atoms with E-state index in [2.05, 4.69) is 20.2 Å². The molecule has 0 aliphatic carbocycles. The van der Waals surface area contributed by atoms with E-state index in [1.54, 1.807) is 13.2 Å². The molecule has 1 aliphatic heterocycles. The van der Waals surface area contributed by atoms with E-state index in [0.717, 1.165) is 24.5 Å². The van der Waals surface area contributed by atoms with Gasteiger partial charge in [0.25, 0.3) is 5.91 Å². The van der Waals surface area contributed by atoms with E-state index in [1.807, 2.05) is 32.0 Å². The van der Waals surface area contributed by atoms with Crippen molar-refractivity contribution in [3.05, 3.63) is 35.7 Å². The Bertz CT molecular complexity index is 837. The quantitative estimate of drug-likeness (QED) is 0.646.